The van der Waals surface area contributed by atoms with Crippen molar-refractivity contribution in [3.8, 4) is 0 Å². The molecule has 0 aromatic heterocycles. The van der Waals surface area contributed by atoms with Gasteiger partial charge in [0.25, 0.3) is 11.8 Å². The molecule has 0 radical (unpaired) electrons. The SMILES string of the molecule is CC(C)(C)C(C)(C)CN(C(=O)[C@H]1[C@H]2CC(F)(F)CN2[C@]2(C(=O)Nc3c(Cl)cc(Cl)cc32)[C@H]1C(=O)O)c1cc(Cl)cc(Cl)c1. The molecule has 0 unspecified atom stereocenters. The van der Waals surface area contributed by atoms with Crippen molar-refractivity contribution in [3.05, 3.63) is 56.0 Å². The summed E-state index contributed by atoms with van der Waals surface area (Å²) in [5.41, 5.74) is -2.67. The Morgan fingerprint density at radius 2 is 1.60 bits per heavy atom. The summed E-state index contributed by atoms with van der Waals surface area (Å²) < 4.78 is 30.5. The lowest BCUT2D eigenvalue weighted by Crippen LogP contribution is -2.55. The number of anilines is 2. The quantitative estimate of drug-likeness (QED) is 0.341. The topological polar surface area (TPSA) is 90.0 Å². The number of hydrogen-bond acceptors (Lipinski definition) is 4. The maximum absolute atomic E-state index is 15.3. The van der Waals surface area contributed by atoms with E-state index in [9.17, 15) is 19.5 Å². The van der Waals surface area contributed by atoms with Crippen LogP contribution in [-0.2, 0) is 19.9 Å². The van der Waals surface area contributed by atoms with Gasteiger partial charge < -0.3 is 15.3 Å². The monoisotopic (exact) mass is 675 g/mol. The first kappa shape index (κ1) is 32.2. The molecule has 232 valence electrons. The van der Waals surface area contributed by atoms with Crippen LogP contribution in [0, 0.1) is 22.7 Å². The minimum absolute atomic E-state index is 0.0243. The fourth-order valence-corrected chi connectivity index (χ4v) is 7.64. The molecule has 2 aromatic carbocycles. The van der Waals surface area contributed by atoms with Gasteiger partial charge in [0.2, 0.25) is 5.91 Å². The molecule has 2 fully saturated rings. The second-order valence-corrected chi connectivity index (χ2v) is 15.0. The lowest BCUT2D eigenvalue weighted by molar-refractivity contribution is -0.153. The molecule has 2 aromatic rings. The number of hydrogen-bond donors (Lipinski definition) is 2. The van der Waals surface area contributed by atoms with E-state index in [0.29, 0.717) is 0 Å². The van der Waals surface area contributed by atoms with E-state index >= 15 is 8.78 Å². The van der Waals surface area contributed by atoms with Gasteiger partial charge in [-0.25, -0.2) is 8.78 Å². The number of carboxylic acids is 1. The van der Waals surface area contributed by atoms with Crippen LogP contribution < -0.4 is 10.2 Å². The van der Waals surface area contributed by atoms with Gasteiger partial charge in [0.15, 0.2) is 0 Å². The number of carbonyl (C=O) groups is 3. The average Bonchev–Trinajstić information content (AvgIpc) is 3.41. The van der Waals surface area contributed by atoms with Crippen molar-refractivity contribution in [2.24, 2.45) is 22.7 Å². The Balaban J connectivity index is 1.75. The second kappa shape index (κ2) is 10.4. The van der Waals surface area contributed by atoms with Gasteiger partial charge in [-0.3, -0.25) is 19.3 Å². The van der Waals surface area contributed by atoms with Gasteiger partial charge in [0.05, 0.1) is 23.2 Å². The van der Waals surface area contributed by atoms with Crippen molar-refractivity contribution < 1.29 is 28.3 Å². The molecular formula is C30H31Cl4F2N3O4. The van der Waals surface area contributed by atoms with E-state index in [1.807, 2.05) is 34.6 Å². The van der Waals surface area contributed by atoms with Gasteiger partial charge in [-0.15, -0.1) is 0 Å². The fraction of sp³-hybridized carbons (Fsp3) is 0.500. The summed E-state index contributed by atoms with van der Waals surface area (Å²) in [6.45, 7) is 9.03. The van der Waals surface area contributed by atoms with Crippen LogP contribution in [0.1, 0.15) is 46.6 Å². The number of aliphatic carboxylic acids is 1. The first-order valence-corrected chi connectivity index (χ1v) is 15.2. The molecular weight excluding hydrogens is 646 g/mol. The van der Waals surface area contributed by atoms with Crippen LogP contribution in [0.5, 0.6) is 0 Å². The number of nitrogens with zero attached hydrogens (tertiary/aromatic N) is 2. The van der Waals surface area contributed by atoms with Crippen molar-refractivity contribution >= 4 is 75.6 Å². The molecule has 43 heavy (non-hydrogen) atoms. The zero-order valence-corrected chi connectivity index (χ0v) is 27.1. The summed E-state index contributed by atoms with van der Waals surface area (Å²) in [7, 11) is 0. The highest BCUT2D eigenvalue weighted by molar-refractivity contribution is 6.38. The number of carbonyl (C=O) groups excluding carboxylic acids is 2. The Hall–Kier alpha value is -2.17. The van der Waals surface area contributed by atoms with Gasteiger partial charge >= 0.3 is 5.97 Å². The van der Waals surface area contributed by atoms with E-state index in [0.717, 1.165) is 0 Å². The minimum atomic E-state index is -3.31. The first-order chi connectivity index (χ1) is 19.7. The first-order valence-electron chi connectivity index (χ1n) is 13.7. The van der Waals surface area contributed by atoms with E-state index in [1.165, 1.54) is 40.1 Å². The number of benzene rings is 2. The summed E-state index contributed by atoms with van der Waals surface area (Å²) >= 11 is 25.3. The molecule has 7 nitrogen and oxygen atoms in total. The third kappa shape index (κ3) is 5.09. The van der Waals surface area contributed by atoms with Crippen LogP contribution in [0.3, 0.4) is 0 Å². The van der Waals surface area contributed by atoms with Crippen molar-refractivity contribution in [1.29, 1.82) is 0 Å². The summed E-state index contributed by atoms with van der Waals surface area (Å²) in [5, 5.41) is 13.9. The maximum Gasteiger partial charge on any atom is 0.310 e. The number of fused-ring (bicyclic) bond motifs is 4. The lowest BCUT2D eigenvalue weighted by atomic mass is 9.68. The van der Waals surface area contributed by atoms with Crippen LogP contribution in [0.4, 0.5) is 20.2 Å². The molecule has 5 rings (SSSR count). The van der Waals surface area contributed by atoms with Gasteiger partial charge in [-0.05, 0) is 41.2 Å². The summed E-state index contributed by atoms with van der Waals surface area (Å²) in [6.07, 6.45) is -0.821. The number of rotatable bonds is 5. The van der Waals surface area contributed by atoms with Crippen LogP contribution >= 0.6 is 46.4 Å². The minimum Gasteiger partial charge on any atom is -0.481 e. The molecule has 3 heterocycles. The molecule has 0 bridgehead atoms. The molecule has 13 heteroatoms. The van der Waals surface area contributed by atoms with Gasteiger partial charge in [0.1, 0.15) is 11.5 Å². The standard InChI is InChI=1S/C30H31Cl4F2N3O4/c1-27(2,3)28(4,5)12-38(17-7-14(31)6-15(32)8-17)24(40)21-20-11-29(35,36)13-39(20)30(22(21)25(41)42)18-9-16(33)10-19(34)23(18)37-26(30)43/h6-10,20-22H,11-13H2,1-5H3,(H,37,43)(H,41,42)/t20-,21+,22-,30+/m1/s1. The number of alkyl halides is 2. The predicted octanol–water partition coefficient (Wildman–Crippen LogP) is 7.59. The third-order valence-electron chi connectivity index (χ3n) is 9.60. The molecule has 0 aliphatic carbocycles. The Kier molecular flexibility index (Phi) is 7.83. The highest BCUT2D eigenvalue weighted by Gasteiger charge is 2.75. The van der Waals surface area contributed by atoms with Crippen molar-refractivity contribution in [1.82, 2.24) is 4.90 Å². The number of nitrogens with one attached hydrogen (secondary N) is 1. The number of amides is 2. The molecule has 0 saturated carbocycles. The van der Waals surface area contributed by atoms with Crippen molar-refractivity contribution in [2.75, 3.05) is 23.3 Å². The highest BCUT2D eigenvalue weighted by Crippen LogP contribution is 2.61. The lowest BCUT2D eigenvalue weighted by Gasteiger charge is -2.43. The normalized spacial score (nSPS) is 26.4. The van der Waals surface area contributed by atoms with Crippen molar-refractivity contribution in [3.63, 3.8) is 0 Å². The molecule has 2 amide bonds. The van der Waals surface area contributed by atoms with Crippen LogP contribution in [0.2, 0.25) is 20.1 Å². The van der Waals surface area contributed by atoms with Crippen LogP contribution in [-0.4, -0.2) is 52.8 Å². The fourth-order valence-electron chi connectivity index (χ4n) is 6.58. The second-order valence-electron chi connectivity index (χ2n) is 13.3. The summed E-state index contributed by atoms with van der Waals surface area (Å²) in [4.78, 5) is 44.5. The zero-order chi connectivity index (χ0) is 32.0. The van der Waals surface area contributed by atoms with Gasteiger partial charge in [-0.1, -0.05) is 81.0 Å². The Labute approximate surface area is 268 Å². The Morgan fingerprint density at radius 3 is 2.16 bits per heavy atom. The highest BCUT2D eigenvalue weighted by atomic mass is 35.5. The smallest absolute Gasteiger partial charge is 0.310 e. The number of carboxylic acid groups (broad SMARTS) is 1. The largest absolute Gasteiger partial charge is 0.481 e. The van der Waals surface area contributed by atoms with E-state index in [-0.39, 0.29) is 49.0 Å². The third-order valence-corrected chi connectivity index (χ3v) is 10.5. The predicted molar refractivity (Wildman–Crippen MR) is 163 cm³/mol. The Bertz CT molecular complexity index is 1530. The van der Waals surface area contributed by atoms with E-state index in [1.54, 1.807) is 0 Å². The Morgan fingerprint density at radius 1 is 1.02 bits per heavy atom. The van der Waals surface area contributed by atoms with Crippen LogP contribution in [0.25, 0.3) is 0 Å². The average molecular weight is 677 g/mol. The molecule has 1 spiro atoms. The van der Waals surface area contributed by atoms with Gasteiger partial charge in [-0.2, -0.15) is 0 Å². The molecule has 4 atom stereocenters. The van der Waals surface area contributed by atoms with Crippen LogP contribution in [0.15, 0.2) is 30.3 Å². The molecule has 3 aliphatic rings. The van der Waals surface area contributed by atoms with Gasteiger partial charge in [0, 0.05) is 45.3 Å². The summed E-state index contributed by atoms with van der Waals surface area (Å²) in [5.74, 6) is -9.71. The number of halogens is 6. The zero-order valence-electron chi connectivity index (χ0n) is 24.1. The van der Waals surface area contributed by atoms with E-state index in [2.05, 4.69) is 5.32 Å². The van der Waals surface area contributed by atoms with E-state index < -0.39 is 65.5 Å². The maximum atomic E-state index is 15.3. The molecule has 2 saturated heterocycles. The van der Waals surface area contributed by atoms with Crippen molar-refractivity contribution in [2.45, 2.75) is 58.5 Å². The molecule has 3 aliphatic heterocycles. The molecule has 2 N–H and O–H groups in total. The van der Waals surface area contributed by atoms with E-state index in [4.69, 9.17) is 46.4 Å². The summed E-state index contributed by atoms with van der Waals surface area (Å²) in [6, 6.07) is 5.94.